The minimum absolute atomic E-state index is 0.701. The van der Waals surface area contributed by atoms with E-state index >= 15 is 0 Å². The molecular formula is C11H14N2. The van der Waals surface area contributed by atoms with Crippen molar-refractivity contribution in [2.24, 2.45) is 0 Å². The zero-order valence-corrected chi connectivity index (χ0v) is 8.15. The van der Waals surface area contributed by atoms with Crippen molar-refractivity contribution < 1.29 is 0 Å². The molecule has 0 bridgehead atoms. The number of allylic oxidation sites excluding steroid dienone is 4. The lowest BCUT2D eigenvalue weighted by molar-refractivity contribution is 0.879. The molecule has 0 aromatic rings. The van der Waals surface area contributed by atoms with Gasteiger partial charge in [0.1, 0.15) is 6.07 Å². The number of hydrogen-bond acceptors (Lipinski definition) is 2. The normalized spacial score (nSPS) is 16.4. The molecule has 0 aromatic heterocycles. The number of rotatable bonds is 2. The van der Waals surface area contributed by atoms with Crippen LogP contribution in [0.4, 0.5) is 0 Å². The van der Waals surface area contributed by atoms with E-state index in [0.29, 0.717) is 5.57 Å². The third-order valence-electron chi connectivity index (χ3n) is 1.99. The summed E-state index contributed by atoms with van der Waals surface area (Å²) in [5.74, 6) is 0. The Labute approximate surface area is 79.3 Å². The highest BCUT2D eigenvalue weighted by atomic mass is 14.9. The van der Waals surface area contributed by atoms with Gasteiger partial charge in [0.15, 0.2) is 0 Å². The summed E-state index contributed by atoms with van der Waals surface area (Å²) in [7, 11) is 0. The van der Waals surface area contributed by atoms with E-state index in [2.05, 4.69) is 24.9 Å². The number of dihydropyridines is 1. The summed E-state index contributed by atoms with van der Waals surface area (Å²) in [5.41, 5.74) is 3.59. The standard InChI is InChI=1S/C11H14N2/c1-4-5-10-6-8(2)13-9(3)11(10)7-12/h6,13H,3-5H2,1-2H3. The summed E-state index contributed by atoms with van der Waals surface area (Å²) in [6.07, 6.45) is 4.02. The predicted molar refractivity (Wildman–Crippen MR) is 53.6 cm³/mol. The minimum Gasteiger partial charge on any atom is -0.359 e. The van der Waals surface area contributed by atoms with Crippen molar-refractivity contribution in [3.05, 3.63) is 35.2 Å². The molecule has 0 aliphatic carbocycles. The summed E-state index contributed by atoms with van der Waals surface area (Å²) in [6.45, 7) is 7.91. The summed E-state index contributed by atoms with van der Waals surface area (Å²) in [5, 5.41) is 12.0. The van der Waals surface area contributed by atoms with E-state index in [1.165, 1.54) is 0 Å². The predicted octanol–water partition coefficient (Wildman–Crippen LogP) is 2.63. The van der Waals surface area contributed by atoms with Crippen LogP contribution < -0.4 is 5.32 Å². The topological polar surface area (TPSA) is 35.8 Å². The molecule has 13 heavy (non-hydrogen) atoms. The van der Waals surface area contributed by atoms with Crippen LogP contribution in [-0.4, -0.2) is 0 Å². The van der Waals surface area contributed by atoms with Crippen molar-refractivity contribution in [2.45, 2.75) is 26.7 Å². The van der Waals surface area contributed by atoms with Gasteiger partial charge < -0.3 is 5.32 Å². The lowest BCUT2D eigenvalue weighted by atomic mass is 9.98. The number of hydrogen-bond donors (Lipinski definition) is 1. The third kappa shape index (κ3) is 2.00. The molecule has 0 amide bonds. The highest BCUT2D eigenvalue weighted by Crippen LogP contribution is 2.22. The molecule has 0 radical (unpaired) electrons. The summed E-state index contributed by atoms with van der Waals surface area (Å²) in [6, 6.07) is 2.18. The molecule has 0 saturated heterocycles. The zero-order chi connectivity index (χ0) is 9.84. The van der Waals surface area contributed by atoms with Crippen LogP contribution in [0.3, 0.4) is 0 Å². The molecule has 0 unspecified atom stereocenters. The Hall–Kier alpha value is -1.49. The third-order valence-corrected chi connectivity index (χ3v) is 1.99. The molecule has 1 aliphatic rings. The van der Waals surface area contributed by atoms with E-state index in [0.717, 1.165) is 29.8 Å². The van der Waals surface area contributed by atoms with Crippen LogP contribution in [-0.2, 0) is 0 Å². The number of nitrogens with zero attached hydrogens (tertiary/aromatic N) is 1. The molecule has 0 saturated carbocycles. The van der Waals surface area contributed by atoms with Crippen molar-refractivity contribution in [3.8, 4) is 6.07 Å². The molecule has 0 aromatic carbocycles. The zero-order valence-electron chi connectivity index (χ0n) is 8.15. The fraction of sp³-hybridized carbons (Fsp3) is 0.364. The fourth-order valence-electron chi connectivity index (χ4n) is 1.47. The van der Waals surface area contributed by atoms with Gasteiger partial charge in [0.2, 0.25) is 0 Å². The summed E-state index contributed by atoms with van der Waals surface area (Å²) >= 11 is 0. The van der Waals surface area contributed by atoms with Crippen molar-refractivity contribution in [1.29, 1.82) is 5.26 Å². The Bertz CT molecular complexity index is 326. The Balaban J connectivity index is 3.07. The van der Waals surface area contributed by atoms with Crippen molar-refractivity contribution >= 4 is 0 Å². The first kappa shape index (κ1) is 9.60. The lowest BCUT2D eigenvalue weighted by Crippen LogP contribution is -2.16. The van der Waals surface area contributed by atoms with E-state index in [9.17, 15) is 0 Å². The van der Waals surface area contributed by atoms with Crippen molar-refractivity contribution in [3.63, 3.8) is 0 Å². The second-order valence-electron chi connectivity index (χ2n) is 3.19. The highest BCUT2D eigenvalue weighted by molar-refractivity contribution is 5.51. The Morgan fingerprint density at radius 3 is 2.85 bits per heavy atom. The van der Waals surface area contributed by atoms with E-state index in [-0.39, 0.29) is 0 Å². The molecule has 0 spiro atoms. The lowest BCUT2D eigenvalue weighted by Gasteiger charge is -2.17. The number of nitriles is 1. The summed E-state index contributed by atoms with van der Waals surface area (Å²) < 4.78 is 0. The second kappa shape index (κ2) is 3.95. The first-order valence-electron chi connectivity index (χ1n) is 4.47. The molecule has 68 valence electrons. The van der Waals surface area contributed by atoms with Gasteiger partial charge in [-0.25, -0.2) is 0 Å². The molecule has 1 aliphatic heterocycles. The van der Waals surface area contributed by atoms with E-state index < -0.39 is 0 Å². The first-order chi connectivity index (χ1) is 6.19. The fourth-order valence-corrected chi connectivity index (χ4v) is 1.47. The molecule has 2 heteroatoms. The molecule has 2 nitrogen and oxygen atoms in total. The van der Waals surface area contributed by atoms with Gasteiger partial charge in [0, 0.05) is 11.4 Å². The average molecular weight is 174 g/mol. The molecule has 1 rings (SSSR count). The van der Waals surface area contributed by atoms with Crippen LogP contribution in [0.1, 0.15) is 26.7 Å². The molecule has 0 fully saturated rings. The Morgan fingerprint density at radius 2 is 2.31 bits per heavy atom. The van der Waals surface area contributed by atoms with Crippen LogP contribution in [0.15, 0.2) is 35.2 Å². The average Bonchev–Trinajstić information content (AvgIpc) is 2.04. The highest BCUT2D eigenvalue weighted by Gasteiger charge is 2.12. The SMILES string of the molecule is C=C1NC(C)=CC(CCC)=C1C#N. The molecular weight excluding hydrogens is 160 g/mol. The van der Waals surface area contributed by atoms with Gasteiger partial charge in [-0.2, -0.15) is 5.26 Å². The van der Waals surface area contributed by atoms with Gasteiger partial charge in [0.25, 0.3) is 0 Å². The van der Waals surface area contributed by atoms with Crippen LogP contribution in [0.25, 0.3) is 0 Å². The Kier molecular flexibility index (Phi) is 2.92. The van der Waals surface area contributed by atoms with Gasteiger partial charge in [-0.05, 0) is 25.0 Å². The van der Waals surface area contributed by atoms with Crippen LogP contribution >= 0.6 is 0 Å². The maximum atomic E-state index is 8.91. The molecule has 0 atom stereocenters. The first-order valence-corrected chi connectivity index (χ1v) is 4.47. The monoisotopic (exact) mass is 174 g/mol. The van der Waals surface area contributed by atoms with E-state index in [1.807, 2.05) is 13.0 Å². The second-order valence-corrected chi connectivity index (χ2v) is 3.19. The van der Waals surface area contributed by atoms with Gasteiger partial charge in [-0.1, -0.05) is 19.9 Å². The number of nitrogens with one attached hydrogen (secondary N) is 1. The molecule has 1 heterocycles. The van der Waals surface area contributed by atoms with Crippen LogP contribution in [0.2, 0.25) is 0 Å². The van der Waals surface area contributed by atoms with Gasteiger partial charge in [-0.3, -0.25) is 0 Å². The minimum atomic E-state index is 0.701. The van der Waals surface area contributed by atoms with Gasteiger partial charge in [0.05, 0.1) is 5.57 Å². The summed E-state index contributed by atoms with van der Waals surface area (Å²) in [4.78, 5) is 0. The van der Waals surface area contributed by atoms with Crippen LogP contribution in [0, 0.1) is 11.3 Å². The van der Waals surface area contributed by atoms with Crippen molar-refractivity contribution in [1.82, 2.24) is 5.32 Å². The smallest absolute Gasteiger partial charge is 0.102 e. The van der Waals surface area contributed by atoms with Gasteiger partial charge >= 0.3 is 0 Å². The maximum absolute atomic E-state index is 8.91. The Morgan fingerprint density at radius 1 is 1.62 bits per heavy atom. The molecule has 1 N–H and O–H groups in total. The van der Waals surface area contributed by atoms with Crippen LogP contribution in [0.5, 0.6) is 0 Å². The van der Waals surface area contributed by atoms with Crippen molar-refractivity contribution in [2.75, 3.05) is 0 Å². The van der Waals surface area contributed by atoms with E-state index in [1.54, 1.807) is 0 Å². The quantitative estimate of drug-likeness (QED) is 0.698. The maximum Gasteiger partial charge on any atom is 0.102 e. The van der Waals surface area contributed by atoms with Gasteiger partial charge in [-0.15, -0.1) is 0 Å². The van der Waals surface area contributed by atoms with E-state index in [4.69, 9.17) is 5.26 Å². The largest absolute Gasteiger partial charge is 0.359 e.